The van der Waals surface area contributed by atoms with E-state index in [1.54, 1.807) is 0 Å². The molecule has 0 saturated carbocycles. The molecule has 0 aromatic heterocycles. The first kappa shape index (κ1) is 12.2. The predicted octanol–water partition coefficient (Wildman–Crippen LogP) is 3.69. The number of halogens is 3. The van der Waals surface area contributed by atoms with Gasteiger partial charge in [0.1, 0.15) is 0 Å². The number of rotatable bonds is 1. The summed E-state index contributed by atoms with van der Waals surface area (Å²) in [5, 5.41) is 0. The van der Waals surface area contributed by atoms with Crippen LogP contribution in [0.2, 0.25) is 0 Å². The summed E-state index contributed by atoms with van der Waals surface area (Å²) in [5.41, 5.74) is 0. The average molecular weight is 265 g/mol. The average Bonchev–Trinajstić information content (AvgIpc) is 1.65. The quantitative estimate of drug-likeness (QED) is 0.500. The van der Waals surface area contributed by atoms with E-state index in [0.29, 0.717) is 0 Å². The molecule has 0 aromatic carbocycles. The van der Waals surface area contributed by atoms with Crippen LogP contribution in [-0.2, 0) is 13.0 Å². The zero-order valence-corrected chi connectivity index (χ0v) is 8.61. The summed E-state index contributed by atoms with van der Waals surface area (Å²) in [4.78, 5) is 0. The fraction of sp³-hybridized carbons (Fsp3) is 0.750. The molecule has 0 heterocycles. The Bertz CT molecular complexity index is 27.7. The van der Waals surface area contributed by atoms with Crippen molar-refractivity contribution in [2.75, 3.05) is 0 Å². The van der Waals surface area contributed by atoms with Crippen LogP contribution in [-0.4, -0.2) is 0 Å². The van der Waals surface area contributed by atoms with Gasteiger partial charge in [0.15, 0.2) is 0 Å². The third kappa shape index (κ3) is 50.8. The van der Waals surface area contributed by atoms with Crippen molar-refractivity contribution in [1.29, 1.82) is 0 Å². The van der Waals surface area contributed by atoms with Gasteiger partial charge in [-0.25, -0.2) is 0 Å². The van der Waals surface area contributed by atoms with Gasteiger partial charge in [0.2, 0.25) is 0 Å². The van der Waals surface area contributed by atoms with Crippen molar-refractivity contribution in [3.05, 3.63) is 6.92 Å². The van der Waals surface area contributed by atoms with E-state index in [4.69, 9.17) is 29.1 Å². The normalized spacial score (nSPS) is 9.38. The zero-order valence-electron chi connectivity index (χ0n) is 4.61. The van der Waals surface area contributed by atoms with Crippen molar-refractivity contribution in [3.63, 3.8) is 0 Å². The molecule has 0 aromatic rings. The standard InChI is InChI=1S/C4H9.3ClH.Ru/c1-3-4-2;;;;/h1,3-4H2,2H3;3*1H;/q-1;;;;+3/p-3. The third-order valence-corrected chi connectivity index (χ3v) is 0.354. The molecule has 0 nitrogen and oxygen atoms in total. The molecule has 0 aliphatic carbocycles. The van der Waals surface area contributed by atoms with Gasteiger partial charge in [-0.15, -0.1) is 0 Å². The molecular weight excluding hydrogens is 255 g/mol. The van der Waals surface area contributed by atoms with E-state index in [0.717, 1.165) is 6.42 Å². The molecule has 0 unspecified atom stereocenters. The molecule has 0 saturated heterocycles. The van der Waals surface area contributed by atoms with E-state index in [2.05, 4.69) is 13.8 Å². The summed E-state index contributed by atoms with van der Waals surface area (Å²) in [6.45, 7) is 5.72. The monoisotopic (exact) mass is 264 g/mol. The van der Waals surface area contributed by atoms with E-state index in [1.165, 1.54) is 6.42 Å². The first-order valence-corrected chi connectivity index (χ1v) is 8.82. The Balaban J connectivity index is 0. The molecule has 0 fully saturated rings. The first-order chi connectivity index (χ1) is 3.65. The van der Waals surface area contributed by atoms with Crippen molar-refractivity contribution in [3.8, 4) is 0 Å². The van der Waals surface area contributed by atoms with Gasteiger partial charge in [-0.2, -0.15) is 6.42 Å². The molecule has 55 valence electrons. The van der Waals surface area contributed by atoms with Crippen LogP contribution in [0.15, 0.2) is 0 Å². The second kappa shape index (κ2) is 11.3. The predicted molar refractivity (Wildman–Crippen MR) is 37.8 cm³/mol. The Hall–Kier alpha value is 1.49. The molecule has 8 heavy (non-hydrogen) atoms. The van der Waals surface area contributed by atoms with Gasteiger partial charge in [-0.1, -0.05) is 13.3 Å². The van der Waals surface area contributed by atoms with E-state index < -0.39 is 13.0 Å². The minimum atomic E-state index is -1.75. The summed E-state index contributed by atoms with van der Waals surface area (Å²) in [7, 11) is 14.8. The van der Waals surface area contributed by atoms with Gasteiger partial charge in [-0.3, -0.25) is 0 Å². The summed E-state index contributed by atoms with van der Waals surface area (Å²) in [6, 6.07) is 0. The molecule has 0 atom stereocenters. The summed E-state index contributed by atoms with van der Waals surface area (Å²) in [5.74, 6) is 0. The van der Waals surface area contributed by atoms with Gasteiger partial charge in [0.05, 0.1) is 0 Å². The Morgan fingerprint density at radius 1 is 1.38 bits per heavy atom. The van der Waals surface area contributed by atoms with Crippen LogP contribution in [0.3, 0.4) is 0 Å². The van der Waals surface area contributed by atoms with Crippen LogP contribution in [0.25, 0.3) is 0 Å². The van der Waals surface area contributed by atoms with E-state index in [9.17, 15) is 0 Å². The molecule has 0 aliphatic heterocycles. The SMILES string of the molecule is [CH2-]CCC.[Cl][Ru]([Cl])[Cl]. The van der Waals surface area contributed by atoms with E-state index in [-0.39, 0.29) is 0 Å². The van der Waals surface area contributed by atoms with Gasteiger partial charge in [0.25, 0.3) is 0 Å². The van der Waals surface area contributed by atoms with Gasteiger partial charge >= 0.3 is 42.1 Å². The third-order valence-electron chi connectivity index (χ3n) is 0.354. The molecule has 0 amide bonds. The fourth-order valence-corrected chi connectivity index (χ4v) is 0. The zero-order chi connectivity index (χ0) is 6.99. The van der Waals surface area contributed by atoms with Crippen LogP contribution < -0.4 is 0 Å². The maximum atomic E-state index is 4.95. The number of hydrogen-bond donors (Lipinski definition) is 0. The van der Waals surface area contributed by atoms with Crippen molar-refractivity contribution in [2.24, 2.45) is 0 Å². The molecule has 0 aliphatic rings. The van der Waals surface area contributed by atoms with Crippen LogP contribution in [0.4, 0.5) is 0 Å². The Kier molecular flexibility index (Phi) is 17.2. The van der Waals surface area contributed by atoms with Gasteiger partial charge in [0, 0.05) is 0 Å². The van der Waals surface area contributed by atoms with Crippen molar-refractivity contribution in [2.45, 2.75) is 19.8 Å². The Morgan fingerprint density at radius 2 is 1.50 bits per heavy atom. The second-order valence-electron chi connectivity index (χ2n) is 1.01. The van der Waals surface area contributed by atoms with Crippen molar-refractivity contribution >= 4 is 29.1 Å². The van der Waals surface area contributed by atoms with E-state index >= 15 is 0 Å². The number of unbranched alkanes of at least 4 members (excludes halogenated alkanes) is 1. The summed E-state index contributed by atoms with van der Waals surface area (Å²) >= 11 is -1.75. The molecule has 0 rings (SSSR count). The Labute approximate surface area is 68.5 Å². The van der Waals surface area contributed by atoms with Crippen LogP contribution in [0.5, 0.6) is 0 Å². The van der Waals surface area contributed by atoms with E-state index in [1.807, 2.05) is 0 Å². The van der Waals surface area contributed by atoms with Gasteiger partial charge < -0.3 is 6.92 Å². The summed E-state index contributed by atoms with van der Waals surface area (Å²) in [6.07, 6.45) is 2.28. The first-order valence-electron chi connectivity index (χ1n) is 2.11. The second-order valence-corrected chi connectivity index (χ2v) is 8.92. The Morgan fingerprint density at radius 3 is 1.50 bits per heavy atom. The molecule has 0 spiro atoms. The van der Waals surface area contributed by atoms with Crippen molar-refractivity contribution in [1.82, 2.24) is 0 Å². The molecule has 4 heteroatoms. The molecule has 0 N–H and O–H groups in total. The van der Waals surface area contributed by atoms with Crippen LogP contribution in [0.1, 0.15) is 19.8 Å². The van der Waals surface area contributed by atoms with Crippen LogP contribution >= 0.6 is 29.1 Å². The molecule has 0 bridgehead atoms. The molecular formula is C4H9Cl3Ru-. The fourth-order valence-electron chi connectivity index (χ4n) is 0. The molecule has 0 radical (unpaired) electrons. The van der Waals surface area contributed by atoms with Gasteiger partial charge in [-0.05, 0) is 0 Å². The van der Waals surface area contributed by atoms with Crippen LogP contribution in [0, 0.1) is 6.92 Å². The van der Waals surface area contributed by atoms with Crippen molar-refractivity contribution < 1.29 is 13.0 Å². The topological polar surface area (TPSA) is 0 Å². The minimum absolute atomic E-state index is 1.07. The summed E-state index contributed by atoms with van der Waals surface area (Å²) < 4.78 is 0. The maximum absolute atomic E-state index is 4.95. The number of hydrogen-bond acceptors (Lipinski definition) is 0.